The lowest BCUT2D eigenvalue weighted by Gasteiger charge is -2.12. The van der Waals surface area contributed by atoms with Gasteiger partial charge in [-0.05, 0) is 23.8 Å². The average Bonchev–Trinajstić information content (AvgIpc) is 2.47. The summed E-state index contributed by atoms with van der Waals surface area (Å²) in [7, 11) is 1.77. The Balaban J connectivity index is 2.15. The van der Waals surface area contributed by atoms with E-state index >= 15 is 0 Å². The highest BCUT2D eigenvalue weighted by molar-refractivity contribution is 5.62. The standard InChI is InChI=1S/C16H17NO3/c1-17-10-16(13-7-8-14(18)15(19)9-13)20-11-12-5-3-2-4-6-12/h2-10,17-19H,11H2,1H3/b16-10+. The molecule has 0 aromatic heterocycles. The summed E-state index contributed by atoms with van der Waals surface area (Å²) in [5.74, 6) is 0.264. The highest BCUT2D eigenvalue weighted by Crippen LogP contribution is 2.28. The molecule has 104 valence electrons. The molecule has 0 bridgehead atoms. The minimum absolute atomic E-state index is 0.152. The van der Waals surface area contributed by atoms with Crippen molar-refractivity contribution in [2.75, 3.05) is 7.05 Å². The quantitative estimate of drug-likeness (QED) is 0.578. The summed E-state index contributed by atoms with van der Waals surface area (Å²) in [6.45, 7) is 0.427. The van der Waals surface area contributed by atoms with Crippen molar-refractivity contribution >= 4 is 5.76 Å². The Morgan fingerprint density at radius 1 is 1.10 bits per heavy atom. The summed E-state index contributed by atoms with van der Waals surface area (Å²) in [5, 5.41) is 21.8. The van der Waals surface area contributed by atoms with Crippen molar-refractivity contribution in [1.82, 2.24) is 5.32 Å². The van der Waals surface area contributed by atoms with Crippen molar-refractivity contribution in [2.24, 2.45) is 0 Å². The lowest BCUT2D eigenvalue weighted by Crippen LogP contribution is -2.00. The predicted octanol–water partition coefficient (Wildman–Crippen LogP) is 2.83. The molecule has 0 saturated carbocycles. The normalized spacial score (nSPS) is 11.2. The largest absolute Gasteiger partial charge is 0.504 e. The molecule has 0 aliphatic heterocycles. The first kappa shape index (κ1) is 13.8. The third-order valence-electron chi connectivity index (χ3n) is 2.77. The van der Waals surface area contributed by atoms with E-state index in [0.717, 1.165) is 5.56 Å². The summed E-state index contributed by atoms with van der Waals surface area (Å²) < 4.78 is 5.76. The molecule has 0 atom stereocenters. The molecule has 4 heteroatoms. The molecule has 3 N–H and O–H groups in total. The molecule has 0 unspecified atom stereocenters. The topological polar surface area (TPSA) is 61.7 Å². The zero-order valence-corrected chi connectivity index (χ0v) is 11.2. The first-order valence-corrected chi connectivity index (χ1v) is 6.27. The number of nitrogens with one attached hydrogen (secondary N) is 1. The number of hydrogen-bond acceptors (Lipinski definition) is 4. The molecule has 0 aliphatic rings. The van der Waals surface area contributed by atoms with Crippen LogP contribution in [-0.2, 0) is 11.3 Å². The van der Waals surface area contributed by atoms with Crippen LogP contribution in [0.25, 0.3) is 5.76 Å². The van der Waals surface area contributed by atoms with Crippen molar-refractivity contribution in [3.05, 3.63) is 65.9 Å². The van der Waals surface area contributed by atoms with Gasteiger partial charge in [-0.15, -0.1) is 0 Å². The molecule has 0 amide bonds. The van der Waals surface area contributed by atoms with Gasteiger partial charge in [0.25, 0.3) is 0 Å². The highest BCUT2D eigenvalue weighted by atomic mass is 16.5. The lowest BCUT2D eigenvalue weighted by molar-refractivity contribution is 0.263. The Labute approximate surface area is 118 Å². The van der Waals surface area contributed by atoms with Crippen LogP contribution in [0.15, 0.2) is 54.7 Å². The van der Waals surface area contributed by atoms with Crippen molar-refractivity contribution in [3.8, 4) is 11.5 Å². The number of hydrogen-bond donors (Lipinski definition) is 3. The molecule has 0 fully saturated rings. The summed E-state index contributed by atoms with van der Waals surface area (Å²) in [5.41, 5.74) is 1.74. The maximum Gasteiger partial charge on any atom is 0.158 e. The number of aromatic hydroxyl groups is 2. The smallest absolute Gasteiger partial charge is 0.158 e. The monoisotopic (exact) mass is 271 g/mol. The van der Waals surface area contributed by atoms with Crippen LogP contribution in [0.5, 0.6) is 11.5 Å². The van der Waals surface area contributed by atoms with E-state index in [1.165, 1.54) is 12.1 Å². The van der Waals surface area contributed by atoms with Crippen molar-refractivity contribution in [2.45, 2.75) is 6.61 Å². The minimum Gasteiger partial charge on any atom is -0.504 e. The summed E-state index contributed by atoms with van der Waals surface area (Å²) in [6, 6.07) is 14.4. The minimum atomic E-state index is -0.173. The Hall–Kier alpha value is -2.62. The fourth-order valence-corrected chi connectivity index (χ4v) is 1.75. The van der Waals surface area contributed by atoms with E-state index in [2.05, 4.69) is 5.32 Å². The van der Waals surface area contributed by atoms with Gasteiger partial charge in [0.15, 0.2) is 11.5 Å². The summed E-state index contributed by atoms with van der Waals surface area (Å²) in [4.78, 5) is 0. The molecular formula is C16H17NO3. The summed E-state index contributed by atoms with van der Waals surface area (Å²) >= 11 is 0. The van der Waals surface area contributed by atoms with Gasteiger partial charge < -0.3 is 20.3 Å². The third-order valence-corrected chi connectivity index (χ3v) is 2.77. The van der Waals surface area contributed by atoms with Crippen molar-refractivity contribution in [1.29, 1.82) is 0 Å². The Bertz CT molecular complexity index is 594. The van der Waals surface area contributed by atoms with Gasteiger partial charge in [0, 0.05) is 18.8 Å². The molecule has 2 aromatic carbocycles. The maximum absolute atomic E-state index is 9.55. The van der Waals surface area contributed by atoms with E-state index in [4.69, 9.17) is 4.74 Å². The second-order valence-corrected chi connectivity index (χ2v) is 4.28. The first-order valence-electron chi connectivity index (χ1n) is 6.27. The number of rotatable bonds is 5. The first-order chi connectivity index (χ1) is 9.70. The zero-order valence-electron chi connectivity index (χ0n) is 11.2. The van der Waals surface area contributed by atoms with Crippen LogP contribution in [0.4, 0.5) is 0 Å². The van der Waals surface area contributed by atoms with Crippen LogP contribution >= 0.6 is 0 Å². The number of ether oxygens (including phenoxy) is 1. The van der Waals surface area contributed by atoms with Gasteiger partial charge >= 0.3 is 0 Å². The average molecular weight is 271 g/mol. The van der Waals surface area contributed by atoms with Gasteiger partial charge in [-0.2, -0.15) is 0 Å². The highest BCUT2D eigenvalue weighted by Gasteiger charge is 2.07. The fourth-order valence-electron chi connectivity index (χ4n) is 1.75. The molecule has 2 rings (SSSR count). The SMILES string of the molecule is CN/C=C(/OCc1ccccc1)c1ccc(O)c(O)c1. The number of phenols is 2. The molecule has 0 spiro atoms. The molecule has 2 aromatic rings. The van der Waals surface area contributed by atoms with E-state index in [1.54, 1.807) is 19.3 Å². The predicted molar refractivity (Wildman–Crippen MR) is 78.0 cm³/mol. The van der Waals surface area contributed by atoms with E-state index in [-0.39, 0.29) is 11.5 Å². The van der Waals surface area contributed by atoms with Gasteiger partial charge in [-0.1, -0.05) is 30.3 Å². The van der Waals surface area contributed by atoms with Crippen LogP contribution in [0.3, 0.4) is 0 Å². The Morgan fingerprint density at radius 3 is 2.50 bits per heavy atom. The van der Waals surface area contributed by atoms with E-state index in [0.29, 0.717) is 17.9 Å². The second kappa shape index (κ2) is 6.52. The number of benzene rings is 2. The molecule has 0 aliphatic carbocycles. The number of phenolic OH excluding ortho intramolecular Hbond substituents is 2. The summed E-state index contributed by atoms with van der Waals surface area (Å²) in [6.07, 6.45) is 1.70. The lowest BCUT2D eigenvalue weighted by atomic mass is 10.1. The van der Waals surface area contributed by atoms with Gasteiger partial charge in [0.1, 0.15) is 12.4 Å². The molecule has 0 radical (unpaired) electrons. The molecule has 4 nitrogen and oxygen atoms in total. The van der Waals surface area contributed by atoms with Crippen LogP contribution in [0, 0.1) is 0 Å². The van der Waals surface area contributed by atoms with Crippen LogP contribution < -0.4 is 5.32 Å². The molecule has 0 saturated heterocycles. The van der Waals surface area contributed by atoms with Crippen LogP contribution in [0.2, 0.25) is 0 Å². The van der Waals surface area contributed by atoms with Crippen molar-refractivity contribution in [3.63, 3.8) is 0 Å². The Morgan fingerprint density at radius 2 is 1.85 bits per heavy atom. The fraction of sp³-hybridized carbons (Fsp3) is 0.125. The van der Waals surface area contributed by atoms with E-state index in [9.17, 15) is 10.2 Å². The van der Waals surface area contributed by atoms with Crippen LogP contribution in [0.1, 0.15) is 11.1 Å². The van der Waals surface area contributed by atoms with Gasteiger partial charge in [-0.25, -0.2) is 0 Å². The zero-order chi connectivity index (χ0) is 14.4. The second-order valence-electron chi connectivity index (χ2n) is 4.28. The van der Waals surface area contributed by atoms with Gasteiger partial charge in [0.2, 0.25) is 0 Å². The Kier molecular flexibility index (Phi) is 4.50. The maximum atomic E-state index is 9.55. The van der Waals surface area contributed by atoms with Gasteiger partial charge in [-0.3, -0.25) is 0 Å². The van der Waals surface area contributed by atoms with Crippen LogP contribution in [-0.4, -0.2) is 17.3 Å². The van der Waals surface area contributed by atoms with Crippen molar-refractivity contribution < 1.29 is 14.9 Å². The molecule has 0 heterocycles. The van der Waals surface area contributed by atoms with Gasteiger partial charge in [0.05, 0.1) is 0 Å². The van der Waals surface area contributed by atoms with E-state index in [1.807, 2.05) is 30.3 Å². The molecular weight excluding hydrogens is 254 g/mol. The third kappa shape index (κ3) is 3.45. The van der Waals surface area contributed by atoms with E-state index < -0.39 is 0 Å². The molecule has 20 heavy (non-hydrogen) atoms.